The van der Waals surface area contributed by atoms with E-state index in [2.05, 4.69) is 98.3 Å². The third-order valence-electron chi connectivity index (χ3n) is 17.1. The molecule has 4 aliphatic rings. The molecule has 0 spiro atoms. The number of unbranched alkanes of at least 4 members (excludes halogenated alkanes) is 3. The number of halogens is 1. The third-order valence-corrected chi connectivity index (χ3v) is 21.6. The highest BCUT2D eigenvalue weighted by Gasteiger charge is 2.41. The van der Waals surface area contributed by atoms with Crippen LogP contribution in [0.5, 0.6) is 0 Å². The number of nitrogens with one attached hydrogen (secondary N) is 3. The molecule has 0 radical (unpaired) electrons. The monoisotopic (exact) mass is 1390 g/mol. The van der Waals surface area contributed by atoms with Gasteiger partial charge in [-0.1, -0.05) is 109 Å². The van der Waals surface area contributed by atoms with Gasteiger partial charge >= 0.3 is 18.3 Å². The first-order valence-electron chi connectivity index (χ1n) is 34.7. The van der Waals surface area contributed by atoms with E-state index in [-0.39, 0.29) is 69.4 Å². The first kappa shape index (κ1) is 86.3. The van der Waals surface area contributed by atoms with Gasteiger partial charge in [0.15, 0.2) is 0 Å². The number of ether oxygens (including phenoxy) is 3. The van der Waals surface area contributed by atoms with Crippen LogP contribution in [0, 0.1) is 5.92 Å². The van der Waals surface area contributed by atoms with E-state index in [4.69, 9.17) is 30.6 Å². The number of anilines is 3. The van der Waals surface area contributed by atoms with E-state index >= 15 is 0 Å². The van der Waals surface area contributed by atoms with Gasteiger partial charge in [0.2, 0.25) is 0 Å². The number of benzene rings is 4. The Balaban J connectivity index is 0.000000442. The topological polar surface area (TPSA) is 299 Å². The molecule has 22 heteroatoms. The minimum atomic E-state index is -1.21. The van der Waals surface area contributed by atoms with E-state index in [9.17, 15) is 32.4 Å². The summed E-state index contributed by atoms with van der Waals surface area (Å²) >= 11 is 0. The van der Waals surface area contributed by atoms with Crippen LogP contribution in [-0.2, 0) is 54.3 Å². The average Bonchev–Trinajstić information content (AvgIpc) is 1.62. The van der Waals surface area contributed by atoms with Crippen LogP contribution >= 0.6 is 10.7 Å². The molecule has 3 fully saturated rings. The van der Waals surface area contributed by atoms with E-state index in [0.717, 1.165) is 101 Å². The fourth-order valence-corrected chi connectivity index (χ4v) is 12.3. The quantitative estimate of drug-likeness (QED) is 0.0149. The minimum Gasteiger partial charge on any atom is -0.446 e. The fraction of sp³-hybridized carbons (Fsp3) is 0.608. The Bertz CT molecular complexity index is 2860. The van der Waals surface area contributed by atoms with Gasteiger partial charge in [0.25, 0.3) is 11.8 Å². The van der Waals surface area contributed by atoms with Gasteiger partial charge in [-0.15, -0.1) is 0 Å². The van der Waals surface area contributed by atoms with Crippen molar-refractivity contribution in [1.29, 1.82) is 0 Å². The van der Waals surface area contributed by atoms with Crippen molar-refractivity contribution in [1.82, 2.24) is 9.80 Å². The fourth-order valence-electron chi connectivity index (χ4n) is 11.0. The number of rotatable bonds is 21. The maximum Gasteiger partial charge on any atom is 0.411 e. The number of hydrazine groups is 1. The van der Waals surface area contributed by atoms with Crippen LogP contribution in [0.25, 0.3) is 0 Å². The molecule has 3 saturated carbocycles. The van der Waals surface area contributed by atoms with Crippen LogP contribution in [0.15, 0.2) is 97.1 Å². The molecule has 4 aromatic rings. The molecule has 540 valence electrons. The number of nitrogens with two attached hydrogens (primary N) is 3. The maximum atomic E-state index is 12.7. The predicted octanol–water partition coefficient (Wildman–Crippen LogP) is 15.7. The highest BCUT2D eigenvalue weighted by atomic mass is 35.7. The van der Waals surface area contributed by atoms with Gasteiger partial charge in [-0.25, -0.2) is 18.6 Å². The van der Waals surface area contributed by atoms with Crippen LogP contribution in [0.1, 0.15) is 236 Å². The van der Waals surface area contributed by atoms with E-state index < -0.39 is 26.9 Å². The highest BCUT2D eigenvalue weighted by Crippen LogP contribution is 2.33. The summed E-state index contributed by atoms with van der Waals surface area (Å²) in [6, 6.07) is 30.9. The zero-order chi connectivity index (χ0) is 70.5. The number of amides is 5. The first-order valence-corrected chi connectivity index (χ1v) is 38.0. The molecular formula is C74H119ClN8O11S2. The zero-order valence-electron chi connectivity index (χ0n) is 59.8. The summed E-state index contributed by atoms with van der Waals surface area (Å²) in [5.41, 5.74) is 12.9. The summed E-state index contributed by atoms with van der Waals surface area (Å²) in [4.78, 5) is 65.4. The van der Waals surface area contributed by atoms with Crippen LogP contribution in [0.2, 0.25) is 0 Å². The maximum absolute atomic E-state index is 12.7. The highest BCUT2D eigenvalue weighted by molar-refractivity contribution is 8.09. The van der Waals surface area contributed by atoms with E-state index in [1.165, 1.54) is 66.9 Å². The summed E-state index contributed by atoms with van der Waals surface area (Å²) in [5.74, 6) is 8.80. The molecule has 11 N–H and O–H groups in total. The lowest BCUT2D eigenvalue weighted by Gasteiger charge is -2.33. The van der Waals surface area contributed by atoms with Crippen molar-refractivity contribution >= 4 is 78.7 Å². The first-order chi connectivity index (χ1) is 45.3. The molecule has 1 aliphatic heterocycles. The Morgan fingerprint density at radius 2 is 0.812 bits per heavy atom. The van der Waals surface area contributed by atoms with Gasteiger partial charge in [-0.05, 0) is 259 Å². The molecule has 19 nitrogen and oxygen atoms in total. The summed E-state index contributed by atoms with van der Waals surface area (Å²) in [6.07, 6.45) is 18.6. The molecule has 0 saturated heterocycles. The zero-order valence-corrected chi connectivity index (χ0v) is 62.2. The molecule has 4 aromatic carbocycles. The molecule has 3 aliphatic carbocycles. The van der Waals surface area contributed by atoms with Crippen LogP contribution < -0.4 is 33.4 Å². The van der Waals surface area contributed by atoms with Crippen molar-refractivity contribution in [2.45, 2.75) is 258 Å². The molecule has 96 heavy (non-hydrogen) atoms. The van der Waals surface area contributed by atoms with Gasteiger partial charge in [-0.3, -0.25) is 46.3 Å². The lowest BCUT2D eigenvalue weighted by atomic mass is 9.89. The van der Waals surface area contributed by atoms with Crippen molar-refractivity contribution < 1.29 is 52.1 Å². The number of nitrogens with zero attached hydrogens (tertiary/aromatic N) is 2. The lowest BCUT2D eigenvalue weighted by Crippen LogP contribution is -2.43. The lowest BCUT2D eigenvalue weighted by molar-refractivity contribution is 0.0401. The Hall–Kier alpha value is -5.78. The summed E-state index contributed by atoms with van der Waals surface area (Å²) in [5, 5.41) is 8.40. The number of aryl methyl sites for hydroxylation is 3. The molecule has 1 heterocycles. The number of hydrogen-bond donors (Lipinski definition) is 6. The van der Waals surface area contributed by atoms with E-state index in [1.54, 1.807) is 24.3 Å². The molecular weight excluding hydrogens is 1280 g/mol. The Kier molecular flexibility index (Phi) is 41.8. The largest absolute Gasteiger partial charge is 0.446 e. The smallest absolute Gasteiger partial charge is 0.411 e. The number of carbonyl (C=O) groups is 5. The summed E-state index contributed by atoms with van der Waals surface area (Å²) < 4.78 is 38.8. The summed E-state index contributed by atoms with van der Waals surface area (Å²) in [6.45, 7) is 28.2. The van der Waals surface area contributed by atoms with Crippen LogP contribution in [0.3, 0.4) is 0 Å². The average molecular weight is 1400 g/mol. The molecule has 0 bridgehead atoms. The van der Waals surface area contributed by atoms with Crippen molar-refractivity contribution in [2.75, 3.05) is 41.3 Å². The van der Waals surface area contributed by atoms with E-state index in [1.807, 2.05) is 90.1 Å². The number of imide groups is 1. The number of fused-ring (bicyclic) bond motifs is 1. The van der Waals surface area contributed by atoms with Crippen LogP contribution in [0.4, 0.5) is 31.4 Å². The Morgan fingerprint density at radius 3 is 1.08 bits per heavy atom. The van der Waals surface area contributed by atoms with Gasteiger partial charge in [0.1, 0.15) is 28.3 Å². The normalized spacial score (nSPS) is 19.4. The second kappa shape index (κ2) is 46.5. The Morgan fingerprint density at radius 1 is 0.510 bits per heavy atom. The van der Waals surface area contributed by atoms with Gasteiger partial charge in [0.05, 0.1) is 15.9 Å². The molecule has 0 aromatic heterocycles. The summed E-state index contributed by atoms with van der Waals surface area (Å²) in [7, 11) is 3.21. The second-order valence-electron chi connectivity index (χ2n) is 26.7. The molecule has 2 atom stereocenters. The number of carbonyl (C=O) groups excluding carboxylic acids is 5. The van der Waals surface area contributed by atoms with E-state index in [0.29, 0.717) is 48.4 Å². The standard InChI is InChI=1S/C25H28N2O4.C22H35NO3S.C17H26N2O2.C6H15N.C4H9ClOS.H4N2.H2O/c1-2-3-6-17-9-11-18(12-10-17)26-25(30)31-20-15-13-19(14-16-20)27-23(28)21-7-4-5-8-22(21)24(27)29;1-5-6-7-17-8-12-19(13-9-17)23-21(24)26-20-14-10-18(11-15-20)16-27(25)22(2,3)4;1-2-3-4-13-5-9-15(10-6-13)19-17(20)21-16-11-7-14(18)8-12-16;1-4-7(5-2)6-3;1-4(2,3)7(5)6;1-2;/h4-5,7-12,19-20H,2-3,6,13-16H2,1H3,(H,26,30);8-9,12-13,18,20H,5-7,10-11,14-16H2,1-4H3,(H,23,24);5-6,9-10,14,16H,2-4,7-8,11-12,18H2,1H3,(H,19,20);4-6H2,1-3H3;1-3H3;1-2H2;1H2. The van der Waals surface area contributed by atoms with Crippen molar-refractivity contribution in [3.63, 3.8) is 0 Å². The predicted molar refractivity (Wildman–Crippen MR) is 396 cm³/mol. The van der Waals surface area contributed by atoms with Crippen molar-refractivity contribution in [3.05, 3.63) is 125 Å². The molecule has 2 unspecified atom stereocenters. The van der Waals surface area contributed by atoms with Crippen molar-refractivity contribution in [3.8, 4) is 0 Å². The van der Waals surface area contributed by atoms with Gasteiger partial charge in [-0.2, -0.15) is 0 Å². The van der Waals surface area contributed by atoms with Crippen molar-refractivity contribution in [2.24, 2.45) is 23.3 Å². The number of hydrogen-bond acceptors (Lipinski definition) is 14. The third kappa shape index (κ3) is 32.7. The van der Waals surface area contributed by atoms with Crippen LogP contribution in [-0.4, -0.2) is 119 Å². The SMILES string of the molecule is CC(C)(C)S(=O)Cl.CCCCc1ccc(NC(=O)OC2CCC(CS(=O)C(C)(C)C)CC2)cc1.CCCCc1ccc(NC(=O)OC2CCC(N)CC2)cc1.CCCCc1ccc(NC(=O)OC2CCC(N3C(=O)c4ccccc4C3=O)CC2)cc1.CCN(CC)CC.NN.O. The minimum absolute atomic E-state index is 0. The molecule has 5 amide bonds. The van der Waals surface area contributed by atoms with Gasteiger partial charge in [0, 0.05) is 50.4 Å². The second-order valence-corrected chi connectivity index (χ2v) is 31.5. The molecule has 8 rings (SSSR count). The Labute approximate surface area is 584 Å². The van der Waals surface area contributed by atoms with Gasteiger partial charge < -0.3 is 30.3 Å².